The van der Waals surface area contributed by atoms with Crippen molar-refractivity contribution in [2.75, 3.05) is 6.79 Å². The van der Waals surface area contributed by atoms with Gasteiger partial charge in [0.1, 0.15) is 12.4 Å². The SMILES string of the molecule is O=C(O)c1ccc(OCc2cc(Cl)c3c(c2)OCO3)cc1. The molecule has 1 N–H and O–H groups in total. The van der Waals surface area contributed by atoms with Crippen LogP contribution < -0.4 is 14.2 Å². The van der Waals surface area contributed by atoms with Gasteiger partial charge in [-0.25, -0.2) is 4.79 Å². The van der Waals surface area contributed by atoms with Crippen LogP contribution in [0.5, 0.6) is 17.2 Å². The fourth-order valence-corrected chi connectivity index (χ4v) is 2.25. The van der Waals surface area contributed by atoms with E-state index < -0.39 is 5.97 Å². The van der Waals surface area contributed by atoms with Crippen LogP contribution in [0.2, 0.25) is 5.02 Å². The highest BCUT2D eigenvalue weighted by Crippen LogP contribution is 2.39. The lowest BCUT2D eigenvalue weighted by atomic mass is 10.2. The second-order valence-corrected chi connectivity index (χ2v) is 4.84. The van der Waals surface area contributed by atoms with Gasteiger partial charge in [-0.3, -0.25) is 0 Å². The maximum Gasteiger partial charge on any atom is 0.335 e. The molecule has 0 saturated carbocycles. The molecule has 0 amide bonds. The van der Waals surface area contributed by atoms with Crippen molar-refractivity contribution in [3.8, 4) is 17.2 Å². The standard InChI is InChI=1S/C15H11ClO5/c16-12-5-9(6-13-14(12)21-8-20-13)7-19-11-3-1-10(2-4-11)15(17)18/h1-6H,7-8H2,(H,17,18). The first-order chi connectivity index (χ1) is 10.1. The Balaban J connectivity index is 1.70. The minimum Gasteiger partial charge on any atom is -0.489 e. The van der Waals surface area contributed by atoms with E-state index in [0.717, 1.165) is 5.56 Å². The van der Waals surface area contributed by atoms with Crippen LogP contribution in [-0.4, -0.2) is 17.9 Å². The van der Waals surface area contributed by atoms with E-state index in [9.17, 15) is 4.79 Å². The van der Waals surface area contributed by atoms with Crippen molar-refractivity contribution >= 4 is 17.6 Å². The average Bonchev–Trinajstić information content (AvgIpc) is 2.94. The number of carboxylic acid groups (broad SMARTS) is 1. The van der Waals surface area contributed by atoms with E-state index in [-0.39, 0.29) is 12.4 Å². The van der Waals surface area contributed by atoms with Crippen molar-refractivity contribution < 1.29 is 24.1 Å². The third kappa shape index (κ3) is 2.87. The highest BCUT2D eigenvalue weighted by Gasteiger charge is 2.18. The van der Waals surface area contributed by atoms with E-state index in [2.05, 4.69) is 0 Å². The van der Waals surface area contributed by atoms with Gasteiger partial charge in [0.15, 0.2) is 11.5 Å². The van der Waals surface area contributed by atoms with E-state index in [0.29, 0.717) is 28.9 Å². The largest absolute Gasteiger partial charge is 0.489 e. The maximum atomic E-state index is 10.8. The molecule has 2 aromatic carbocycles. The number of carboxylic acids is 1. The third-order valence-electron chi connectivity index (χ3n) is 2.99. The van der Waals surface area contributed by atoms with Crippen LogP contribution >= 0.6 is 11.6 Å². The number of carbonyl (C=O) groups is 1. The molecular formula is C15H11ClO5. The number of ether oxygens (including phenoxy) is 3. The van der Waals surface area contributed by atoms with E-state index >= 15 is 0 Å². The van der Waals surface area contributed by atoms with Crippen molar-refractivity contribution in [1.82, 2.24) is 0 Å². The summed E-state index contributed by atoms with van der Waals surface area (Å²) >= 11 is 6.09. The van der Waals surface area contributed by atoms with Crippen LogP contribution in [0.25, 0.3) is 0 Å². The summed E-state index contributed by atoms with van der Waals surface area (Å²) in [4.78, 5) is 10.8. The predicted molar refractivity (Wildman–Crippen MR) is 75.3 cm³/mol. The lowest BCUT2D eigenvalue weighted by molar-refractivity contribution is 0.0697. The Morgan fingerprint density at radius 3 is 2.71 bits per heavy atom. The second kappa shape index (κ2) is 5.54. The van der Waals surface area contributed by atoms with Gasteiger partial charge >= 0.3 is 5.97 Å². The smallest absolute Gasteiger partial charge is 0.335 e. The first-order valence-corrected chi connectivity index (χ1v) is 6.55. The van der Waals surface area contributed by atoms with Crippen LogP contribution in [0.4, 0.5) is 0 Å². The number of hydrogen-bond acceptors (Lipinski definition) is 4. The van der Waals surface area contributed by atoms with Crippen LogP contribution in [0, 0.1) is 0 Å². The van der Waals surface area contributed by atoms with Crippen molar-refractivity contribution in [3.63, 3.8) is 0 Å². The summed E-state index contributed by atoms with van der Waals surface area (Å²) in [5.41, 5.74) is 1.06. The molecule has 0 atom stereocenters. The fourth-order valence-electron chi connectivity index (χ4n) is 1.96. The minimum absolute atomic E-state index is 0.163. The summed E-state index contributed by atoms with van der Waals surface area (Å²) in [6.45, 7) is 0.457. The van der Waals surface area contributed by atoms with Crippen LogP contribution in [0.1, 0.15) is 15.9 Å². The van der Waals surface area contributed by atoms with Crippen molar-refractivity contribution in [3.05, 3.63) is 52.5 Å². The predicted octanol–water partition coefficient (Wildman–Crippen LogP) is 3.35. The third-order valence-corrected chi connectivity index (χ3v) is 3.27. The molecule has 0 spiro atoms. The van der Waals surface area contributed by atoms with Crippen LogP contribution in [-0.2, 0) is 6.61 Å². The number of fused-ring (bicyclic) bond motifs is 1. The monoisotopic (exact) mass is 306 g/mol. The maximum absolute atomic E-state index is 10.8. The highest BCUT2D eigenvalue weighted by atomic mass is 35.5. The molecule has 2 aromatic rings. The molecule has 6 heteroatoms. The van der Waals surface area contributed by atoms with Gasteiger partial charge in [-0.2, -0.15) is 0 Å². The summed E-state index contributed by atoms with van der Waals surface area (Å²) in [5, 5.41) is 9.30. The fraction of sp³-hybridized carbons (Fsp3) is 0.133. The van der Waals surface area contributed by atoms with Crippen LogP contribution in [0.3, 0.4) is 0 Å². The molecule has 108 valence electrons. The number of halogens is 1. The van der Waals surface area contributed by atoms with Crippen molar-refractivity contribution in [1.29, 1.82) is 0 Å². The molecule has 1 heterocycles. The van der Waals surface area contributed by atoms with Gasteiger partial charge in [0.05, 0.1) is 10.6 Å². The Bertz CT molecular complexity index is 681. The lowest BCUT2D eigenvalue weighted by Crippen LogP contribution is -1.98. The van der Waals surface area contributed by atoms with E-state index in [1.54, 1.807) is 24.3 Å². The van der Waals surface area contributed by atoms with Crippen molar-refractivity contribution in [2.45, 2.75) is 6.61 Å². The zero-order valence-electron chi connectivity index (χ0n) is 10.8. The first kappa shape index (κ1) is 13.6. The topological polar surface area (TPSA) is 65.0 Å². The molecule has 0 unspecified atom stereocenters. The van der Waals surface area contributed by atoms with Gasteiger partial charge in [0.25, 0.3) is 0 Å². The molecule has 0 saturated heterocycles. The van der Waals surface area contributed by atoms with E-state index in [4.69, 9.17) is 30.9 Å². The molecule has 3 rings (SSSR count). The molecule has 0 radical (unpaired) electrons. The molecule has 0 fully saturated rings. The molecular weight excluding hydrogens is 296 g/mol. The summed E-state index contributed by atoms with van der Waals surface area (Å²) in [5.74, 6) is 0.756. The van der Waals surface area contributed by atoms with Gasteiger partial charge in [-0.05, 0) is 42.0 Å². The molecule has 0 bridgehead atoms. The molecule has 1 aliphatic rings. The molecule has 1 aliphatic heterocycles. The normalized spacial score (nSPS) is 12.2. The Kier molecular flexibility index (Phi) is 3.58. The molecule has 0 aromatic heterocycles. The number of aromatic carboxylic acids is 1. The van der Waals surface area contributed by atoms with Crippen LogP contribution in [0.15, 0.2) is 36.4 Å². The van der Waals surface area contributed by atoms with E-state index in [1.807, 2.05) is 0 Å². The number of rotatable bonds is 4. The highest BCUT2D eigenvalue weighted by molar-refractivity contribution is 6.32. The van der Waals surface area contributed by atoms with Gasteiger partial charge in [0, 0.05) is 0 Å². The zero-order valence-corrected chi connectivity index (χ0v) is 11.6. The molecule has 5 nitrogen and oxygen atoms in total. The lowest BCUT2D eigenvalue weighted by Gasteiger charge is -2.08. The molecule has 21 heavy (non-hydrogen) atoms. The van der Waals surface area contributed by atoms with Gasteiger partial charge in [0.2, 0.25) is 6.79 Å². The summed E-state index contributed by atoms with van der Waals surface area (Å²) in [6.07, 6.45) is 0. The minimum atomic E-state index is -0.968. The van der Waals surface area contributed by atoms with Gasteiger partial charge < -0.3 is 19.3 Å². The van der Waals surface area contributed by atoms with E-state index in [1.165, 1.54) is 12.1 Å². The Hall–Kier alpha value is -2.40. The second-order valence-electron chi connectivity index (χ2n) is 4.43. The van der Waals surface area contributed by atoms with Gasteiger partial charge in [-0.15, -0.1) is 0 Å². The first-order valence-electron chi connectivity index (χ1n) is 6.17. The summed E-state index contributed by atoms with van der Waals surface area (Å²) in [6, 6.07) is 9.76. The summed E-state index contributed by atoms with van der Waals surface area (Å²) in [7, 11) is 0. The summed E-state index contributed by atoms with van der Waals surface area (Å²) < 4.78 is 16.1. The number of benzene rings is 2. The zero-order chi connectivity index (χ0) is 14.8. The Morgan fingerprint density at radius 2 is 2.00 bits per heavy atom. The Labute approximate surface area is 125 Å². The Morgan fingerprint density at radius 1 is 1.24 bits per heavy atom. The quantitative estimate of drug-likeness (QED) is 0.938. The van der Waals surface area contributed by atoms with Crippen molar-refractivity contribution in [2.24, 2.45) is 0 Å². The average molecular weight is 307 g/mol. The van der Waals surface area contributed by atoms with Gasteiger partial charge in [-0.1, -0.05) is 11.6 Å². The number of hydrogen-bond donors (Lipinski definition) is 1. The molecule has 0 aliphatic carbocycles.